The summed E-state index contributed by atoms with van der Waals surface area (Å²) in [7, 11) is 0. The molecule has 2 heterocycles. The molecular formula is C23H18N2O3. The van der Waals surface area contributed by atoms with Crippen molar-refractivity contribution in [2.75, 3.05) is 9.80 Å². The number of nitrogens with zero attached hydrogens (tertiary/aromatic N) is 2. The minimum atomic E-state index is -0.332. The Balaban J connectivity index is 1.68. The second kappa shape index (κ2) is 6.46. The summed E-state index contributed by atoms with van der Waals surface area (Å²) in [5.74, 6) is -0.769. The summed E-state index contributed by atoms with van der Waals surface area (Å²) in [5.41, 5.74) is 5.96. The molecule has 0 spiro atoms. The van der Waals surface area contributed by atoms with Crippen LogP contribution in [0.1, 0.15) is 11.1 Å². The molecule has 3 amide bonds. The van der Waals surface area contributed by atoms with Crippen molar-refractivity contribution in [2.24, 2.45) is 0 Å². The second-order valence-electron chi connectivity index (χ2n) is 6.84. The lowest BCUT2D eigenvalue weighted by molar-refractivity contribution is -0.120. The van der Waals surface area contributed by atoms with E-state index in [1.165, 1.54) is 18.2 Å². The first kappa shape index (κ1) is 17.7. The van der Waals surface area contributed by atoms with Crippen LogP contribution < -0.4 is 9.80 Å². The first-order valence-electron chi connectivity index (χ1n) is 8.86. The summed E-state index contributed by atoms with van der Waals surface area (Å²) in [4.78, 5) is 38.6. The number of allylic oxidation sites excluding steroid dienone is 1. The zero-order valence-corrected chi connectivity index (χ0v) is 15.6. The highest BCUT2D eigenvalue weighted by Gasteiger charge is 2.26. The Hall–Kier alpha value is -3.73. The van der Waals surface area contributed by atoms with Crippen molar-refractivity contribution < 1.29 is 14.4 Å². The molecule has 5 nitrogen and oxygen atoms in total. The Morgan fingerprint density at radius 3 is 1.50 bits per heavy atom. The first-order valence-corrected chi connectivity index (χ1v) is 8.86. The van der Waals surface area contributed by atoms with Gasteiger partial charge in [-0.2, -0.15) is 0 Å². The van der Waals surface area contributed by atoms with Crippen LogP contribution in [0.2, 0.25) is 0 Å². The predicted molar refractivity (Wildman–Crippen MR) is 109 cm³/mol. The van der Waals surface area contributed by atoms with Crippen LogP contribution >= 0.6 is 0 Å². The maximum atomic E-state index is 12.0. The fourth-order valence-electron chi connectivity index (χ4n) is 3.58. The third-order valence-electron chi connectivity index (χ3n) is 4.96. The molecule has 0 radical (unpaired) electrons. The summed E-state index contributed by atoms with van der Waals surface area (Å²) in [6.07, 6.45) is 5.75. The molecule has 28 heavy (non-hydrogen) atoms. The van der Waals surface area contributed by atoms with Crippen molar-refractivity contribution >= 4 is 29.1 Å². The highest BCUT2D eigenvalue weighted by Crippen LogP contribution is 2.34. The highest BCUT2D eigenvalue weighted by atomic mass is 16.2. The summed E-state index contributed by atoms with van der Waals surface area (Å²) in [6, 6.07) is 11.3. The van der Waals surface area contributed by atoms with E-state index in [9.17, 15) is 14.4 Å². The van der Waals surface area contributed by atoms with Crippen LogP contribution in [0.3, 0.4) is 0 Å². The Labute approximate surface area is 162 Å². The Bertz CT molecular complexity index is 999. The van der Waals surface area contributed by atoms with E-state index in [0.717, 1.165) is 32.8 Å². The Morgan fingerprint density at radius 2 is 1.07 bits per heavy atom. The van der Waals surface area contributed by atoms with Crippen LogP contribution in [-0.4, -0.2) is 17.7 Å². The number of carbonyl (C=O) groups excluding carboxylic acids is 3. The normalized spacial score (nSPS) is 16.1. The molecule has 0 unspecified atom stereocenters. The molecule has 0 bridgehead atoms. The van der Waals surface area contributed by atoms with Gasteiger partial charge in [0, 0.05) is 29.6 Å². The van der Waals surface area contributed by atoms with Crippen LogP contribution in [0.4, 0.5) is 11.4 Å². The minimum absolute atomic E-state index is 0.105. The van der Waals surface area contributed by atoms with E-state index in [1.54, 1.807) is 17.0 Å². The second-order valence-corrected chi connectivity index (χ2v) is 6.84. The van der Waals surface area contributed by atoms with Gasteiger partial charge in [0.05, 0.1) is 5.69 Å². The third-order valence-corrected chi connectivity index (χ3v) is 4.96. The van der Waals surface area contributed by atoms with Crippen LogP contribution in [-0.2, 0) is 14.4 Å². The number of rotatable bonds is 3. The van der Waals surface area contributed by atoms with E-state index in [-0.39, 0.29) is 17.7 Å². The summed E-state index contributed by atoms with van der Waals surface area (Å²) < 4.78 is 0. The maximum absolute atomic E-state index is 12.0. The molecule has 0 saturated heterocycles. The van der Waals surface area contributed by atoms with E-state index in [2.05, 4.69) is 6.58 Å². The van der Waals surface area contributed by atoms with Gasteiger partial charge in [0.2, 0.25) is 0 Å². The number of benzene rings is 2. The lowest BCUT2D eigenvalue weighted by atomic mass is 9.95. The summed E-state index contributed by atoms with van der Waals surface area (Å²) in [5, 5.41) is 0. The van der Waals surface area contributed by atoms with E-state index >= 15 is 0 Å². The molecule has 2 aromatic rings. The molecule has 0 aliphatic carbocycles. The number of hydrogen-bond acceptors (Lipinski definition) is 3. The largest absolute Gasteiger partial charge is 0.278 e. The summed E-state index contributed by atoms with van der Waals surface area (Å²) >= 11 is 0. The van der Waals surface area contributed by atoms with Gasteiger partial charge in [0.1, 0.15) is 0 Å². The van der Waals surface area contributed by atoms with Crippen LogP contribution in [0, 0.1) is 13.8 Å². The van der Waals surface area contributed by atoms with Crippen LogP contribution in [0.15, 0.2) is 73.0 Å². The Kier molecular flexibility index (Phi) is 4.08. The third kappa shape index (κ3) is 2.77. The molecular weight excluding hydrogens is 352 g/mol. The number of carbonyl (C=O) groups is 3. The predicted octanol–water partition coefficient (Wildman–Crippen LogP) is 3.82. The van der Waals surface area contributed by atoms with Gasteiger partial charge in [0.15, 0.2) is 0 Å². The van der Waals surface area contributed by atoms with Crippen molar-refractivity contribution in [3.8, 4) is 11.1 Å². The number of hydrogen-bond donors (Lipinski definition) is 0. The standard InChI is InChI=1S/C23H18N2O3/c1-14-12-17(24-16(3)4-9-21(24)26)5-7-19(14)20-8-6-18(13-15(20)2)25-22(27)10-11-23(25)28/h4-13H,3H2,1-2H3. The van der Waals surface area contributed by atoms with Gasteiger partial charge in [-0.3, -0.25) is 19.3 Å². The minimum Gasteiger partial charge on any atom is -0.278 e. The first-order chi connectivity index (χ1) is 13.4. The average Bonchev–Trinajstić information content (AvgIpc) is 3.16. The monoisotopic (exact) mass is 370 g/mol. The molecule has 5 heteroatoms. The molecule has 2 aromatic carbocycles. The quantitative estimate of drug-likeness (QED) is 0.772. The van der Waals surface area contributed by atoms with Gasteiger partial charge in [-0.05, 0) is 66.4 Å². The fraction of sp³-hybridized carbons (Fsp3) is 0.0870. The van der Waals surface area contributed by atoms with Gasteiger partial charge >= 0.3 is 0 Å². The molecule has 0 aromatic heterocycles. The zero-order valence-electron chi connectivity index (χ0n) is 15.6. The average molecular weight is 370 g/mol. The molecule has 0 fully saturated rings. The van der Waals surface area contributed by atoms with Crippen LogP contribution in [0.5, 0.6) is 0 Å². The van der Waals surface area contributed by atoms with Crippen molar-refractivity contribution in [3.63, 3.8) is 0 Å². The van der Waals surface area contributed by atoms with E-state index in [1.807, 2.05) is 44.2 Å². The smallest absolute Gasteiger partial charge is 0.258 e. The highest BCUT2D eigenvalue weighted by molar-refractivity contribution is 6.28. The topological polar surface area (TPSA) is 57.7 Å². The summed E-state index contributed by atoms with van der Waals surface area (Å²) in [6.45, 7) is 7.83. The SMILES string of the molecule is C=C1C=CC(=O)N1c1ccc(-c2ccc(N3C(=O)C=CC3=O)cc2C)c(C)c1. The van der Waals surface area contributed by atoms with Gasteiger partial charge in [-0.25, -0.2) is 4.90 Å². The van der Waals surface area contributed by atoms with Crippen LogP contribution in [0.25, 0.3) is 11.1 Å². The lowest BCUT2D eigenvalue weighted by Gasteiger charge is -2.20. The molecule has 0 atom stereocenters. The zero-order chi connectivity index (χ0) is 20.0. The number of aryl methyl sites for hydroxylation is 2. The van der Waals surface area contributed by atoms with Gasteiger partial charge < -0.3 is 0 Å². The molecule has 2 aliphatic heterocycles. The lowest BCUT2D eigenvalue weighted by Crippen LogP contribution is -2.29. The number of amides is 3. The van der Waals surface area contributed by atoms with Gasteiger partial charge in [0.25, 0.3) is 17.7 Å². The molecule has 2 aliphatic rings. The molecule has 0 N–H and O–H groups in total. The molecule has 138 valence electrons. The van der Waals surface area contributed by atoms with Crippen molar-refractivity contribution in [3.05, 3.63) is 84.1 Å². The maximum Gasteiger partial charge on any atom is 0.258 e. The number of imide groups is 1. The van der Waals surface area contributed by atoms with E-state index in [0.29, 0.717) is 11.4 Å². The van der Waals surface area contributed by atoms with Gasteiger partial charge in [-0.15, -0.1) is 0 Å². The van der Waals surface area contributed by atoms with E-state index in [4.69, 9.17) is 0 Å². The van der Waals surface area contributed by atoms with Crippen molar-refractivity contribution in [1.29, 1.82) is 0 Å². The Morgan fingerprint density at radius 1 is 0.643 bits per heavy atom. The van der Waals surface area contributed by atoms with Crippen molar-refractivity contribution in [2.45, 2.75) is 13.8 Å². The molecule has 0 saturated carbocycles. The fourth-order valence-corrected chi connectivity index (χ4v) is 3.58. The number of anilines is 2. The molecule has 4 rings (SSSR count). The van der Waals surface area contributed by atoms with Gasteiger partial charge in [-0.1, -0.05) is 18.7 Å². The van der Waals surface area contributed by atoms with Crippen molar-refractivity contribution in [1.82, 2.24) is 0 Å². The van der Waals surface area contributed by atoms with E-state index < -0.39 is 0 Å².